The first kappa shape index (κ1) is 11.6. The average molecular weight is 269 g/mol. The van der Waals surface area contributed by atoms with Crippen LogP contribution >= 0.6 is 11.3 Å². The summed E-state index contributed by atoms with van der Waals surface area (Å²) in [7, 11) is 0. The topological polar surface area (TPSA) is 102 Å². The van der Waals surface area contributed by atoms with Crippen molar-refractivity contribution < 1.29 is 0 Å². The molecular weight excluding hydrogens is 258 g/mol. The van der Waals surface area contributed by atoms with Gasteiger partial charge in [0.25, 0.3) is 0 Å². The quantitative estimate of drug-likeness (QED) is 0.621. The first-order chi connectivity index (χ1) is 9.16. The molecule has 0 saturated heterocycles. The van der Waals surface area contributed by atoms with E-state index in [1.807, 2.05) is 30.3 Å². The largest absolute Gasteiger partial charge is 0.383 e. The maximum atomic E-state index is 8.26. The van der Waals surface area contributed by atoms with Crippen molar-refractivity contribution in [3.63, 3.8) is 0 Å². The number of nitrogens with one attached hydrogen (secondary N) is 1. The summed E-state index contributed by atoms with van der Waals surface area (Å²) in [4.78, 5) is 8.58. The van der Waals surface area contributed by atoms with Crippen molar-refractivity contribution in [2.45, 2.75) is 0 Å². The van der Waals surface area contributed by atoms with Crippen molar-refractivity contribution in [1.29, 1.82) is 5.41 Å². The van der Waals surface area contributed by atoms with Gasteiger partial charge >= 0.3 is 0 Å². The molecule has 2 heterocycles. The van der Waals surface area contributed by atoms with E-state index in [0.717, 1.165) is 15.0 Å². The number of nitrogens with zero attached hydrogens (tertiary/aromatic N) is 2. The zero-order valence-corrected chi connectivity index (χ0v) is 10.7. The molecule has 2 aromatic heterocycles. The molecule has 0 fully saturated rings. The van der Waals surface area contributed by atoms with Crippen LogP contribution in [0.25, 0.3) is 10.1 Å². The van der Waals surface area contributed by atoms with Gasteiger partial charge in [0.15, 0.2) is 0 Å². The van der Waals surface area contributed by atoms with Gasteiger partial charge in [-0.1, -0.05) is 18.2 Å². The summed E-state index contributed by atoms with van der Waals surface area (Å²) in [6.07, 6.45) is 1.30. The molecule has 0 spiro atoms. The van der Waals surface area contributed by atoms with E-state index in [4.69, 9.17) is 16.9 Å². The Bertz CT molecular complexity index is 724. The molecule has 3 aromatic rings. The Morgan fingerprint density at radius 2 is 1.79 bits per heavy atom. The lowest BCUT2D eigenvalue weighted by molar-refractivity contribution is 1.17. The minimum atomic E-state index is 0.231. The van der Waals surface area contributed by atoms with Gasteiger partial charge < -0.3 is 11.5 Å². The van der Waals surface area contributed by atoms with Gasteiger partial charge in [0.1, 0.15) is 18.0 Å². The van der Waals surface area contributed by atoms with Crippen LogP contribution in [0.15, 0.2) is 36.7 Å². The molecule has 5 N–H and O–H groups in total. The SMILES string of the molecule is N=C(c1cc2ccccc2s1)c1c(N)ncnc1N. The van der Waals surface area contributed by atoms with E-state index in [9.17, 15) is 0 Å². The monoisotopic (exact) mass is 269 g/mol. The summed E-state index contributed by atoms with van der Waals surface area (Å²) in [6.45, 7) is 0. The molecule has 0 aliphatic heterocycles. The van der Waals surface area contributed by atoms with Gasteiger partial charge in [-0.05, 0) is 17.5 Å². The first-order valence-electron chi connectivity index (χ1n) is 5.60. The standard InChI is InChI=1S/C13H11N5S/c14-11(10-12(15)17-6-18-13(10)16)9-5-7-3-1-2-4-8(7)19-9/h1-6,14H,(H4,15,16,17,18). The molecule has 0 amide bonds. The molecule has 0 aliphatic rings. The van der Waals surface area contributed by atoms with E-state index in [2.05, 4.69) is 9.97 Å². The van der Waals surface area contributed by atoms with Crippen LogP contribution in [0.5, 0.6) is 0 Å². The number of anilines is 2. The number of hydrogen-bond donors (Lipinski definition) is 3. The Labute approximate surface area is 113 Å². The zero-order chi connectivity index (χ0) is 13.4. The van der Waals surface area contributed by atoms with Crippen LogP contribution in [0.3, 0.4) is 0 Å². The Balaban J connectivity index is 2.13. The number of benzene rings is 1. The minimum absolute atomic E-state index is 0.231. The molecule has 1 aromatic carbocycles. The highest BCUT2D eigenvalue weighted by molar-refractivity contribution is 7.21. The maximum Gasteiger partial charge on any atom is 0.138 e. The van der Waals surface area contributed by atoms with Gasteiger partial charge in [-0.15, -0.1) is 11.3 Å². The molecule has 0 aliphatic carbocycles. The van der Waals surface area contributed by atoms with Gasteiger partial charge in [-0.25, -0.2) is 9.97 Å². The van der Waals surface area contributed by atoms with Gasteiger partial charge in [-0.2, -0.15) is 0 Å². The summed E-state index contributed by atoms with van der Waals surface area (Å²) in [6, 6.07) is 9.92. The molecule has 0 bridgehead atoms. The van der Waals surface area contributed by atoms with Gasteiger partial charge in [0, 0.05) is 4.70 Å². The van der Waals surface area contributed by atoms with Crippen LogP contribution in [0.2, 0.25) is 0 Å². The van der Waals surface area contributed by atoms with Crippen LogP contribution in [0.4, 0.5) is 11.6 Å². The second-order valence-electron chi connectivity index (χ2n) is 4.04. The van der Waals surface area contributed by atoms with E-state index in [1.54, 1.807) is 0 Å². The van der Waals surface area contributed by atoms with Gasteiger partial charge in [0.05, 0.1) is 16.2 Å². The molecule has 94 valence electrons. The van der Waals surface area contributed by atoms with E-state index < -0.39 is 0 Å². The highest BCUT2D eigenvalue weighted by Gasteiger charge is 2.16. The summed E-state index contributed by atoms with van der Waals surface area (Å²) in [5, 5.41) is 9.35. The van der Waals surface area contributed by atoms with Crippen molar-refractivity contribution in [3.8, 4) is 0 Å². The normalized spacial score (nSPS) is 10.7. The van der Waals surface area contributed by atoms with Crippen LogP contribution in [0, 0.1) is 5.41 Å². The van der Waals surface area contributed by atoms with Crippen LogP contribution in [-0.4, -0.2) is 15.7 Å². The van der Waals surface area contributed by atoms with Crippen molar-refractivity contribution in [2.75, 3.05) is 11.5 Å². The molecule has 6 heteroatoms. The molecule has 0 radical (unpaired) electrons. The number of nitrogens with two attached hydrogens (primary N) is 2. The highest BCUT2D eigenvalue weighted by atomic mass is 32.1. The van der Waals surface area contributed by atoms with E-state index in [-0.39, 0.29) is 17.3 Å². The van der Waals surface area contributed by atoms with Crippen LogP contribution < -0.4 is 11.5 Å². The lowest BCUT2D eigenvalue weighted by atomic mass is 10.1. The molecule has 0 saturated carbocycles. The Hall–Kier alpha value is -2.47. The number of aromatic nitrogens is 2. The predicted octanol–water partition coefficient (Wildman–Crippen LogP) is 2.27. The minimum Gasteiger partial charge on any atom is -0.383 e. The number of fused-ring (bicyclic) bond motifs is 1. The van der Waals surface area contributed by atoms with Gasteiger partial charge in [0.2, 0.25) is 0 Å². The number of nitrogen functional groups attached to an aromatic ring is 2. The smallest absolute Gasteiger partial charge is 0.138 e. The molecule has 0 atom stereocenters. The third kappa shape index (κ3) is 1.92. The van der Waals surface area contributed by atoms with Crippen LogP contribution in [-0.2, 0) is 0 Å². The highest BCUT2D eigenvalue weighted by Crippen LogP contribution is 2.29. The summed E-state index contributed by atoms with van der Waals surface area (Å²) < 4.78 is 1.12. The fourth-order valence-electron chi connectivity index (χ4n) is 1.90. The third-order valence-corrected chi connectivity index (χ3v) is 3.96. The van der Waals surface area contributed by atoms with E-state index in [1.165, 1.54) is 17.7 Å². The number of rotatable bonds is 2. The second-order valence-corrected chi connectivity index (χ2v) is 5.13. The summed E-state index contributed by atoms with van der Waals surface area (Å²) in [5.74, 6) is 0.463. The molecule has 3 rings (SSSR count). The average Bonchev–Trinajstić information content (AvgIpc) is 2.82. The summed E-state index contributed by atoms with van der Waals surface area (Å²) in [5.41, 5.74) is 12.2. The fourth-order valence-corrected chi connectivity index (χ4v) is 2.92. The van der Waals surface area contributed by atoms with Crippen molar-refractivity contribution in [1.82, 2.24) is 9.97 Å². The Morgan fingerprint density at radius 1 is 1.11 bits per heavy atom. The molecular formula is C13H11N5S. The Kier molecular flexibility index (Phi) is 2.64. The van der Waals surface area contributed by atoms with Crippen molar-refractivity contribution in [3.05, 3.63) is 47.1 Å². The third-order valence-electron chi connectivity index (χ3n) is 2.83. The lowest BCUT2D eigenvalue weighted by Crippen LogP contribution is -2.10. The lowest BCUT2D eigenvalue weighted by Gasteiger charge is -2.06. The molecule has 0 unspecified atom stereocenters. The van der Waals surface area contributed by atoms with Crippen LogP contribution in [0.1, 0.15) is 10.4 Å². The molecule has 5 nitrogen and oxygen atoms in total. The number of hydrogen-bond acceptors (Lipinski definition) is 6. The first-order valence-corrected chi connectivity index (χ1v) is 6.42. The van der Waals surface area contributed by atoms with E-state index >= 15 is 0 Å². The molecule has 19 heavy (non-hydrogen) atoms. The summed E-state index contributed by atoms with van der Waals surface area (Å²) >= 11 is 1.53. The predicted molar refractivity (Wildman–Crippen MR) is 78.6 cm³/mol. The van der Waals surface area contributed by atoms with Crippen molar-refractivity contribution >= 4 is 38.8 Å². The Morgan fingerprint density at radius 3 is 2.47 bits per heavy atom. The van der Waals surface area contributed by atoms with E-state index in [0.29, 0.717) is 5.56 Å². The fraction of sp³-hybridized carbons (Fsp3) is 0. The maximum absolute atomic E-state index is 8.26. The zero-order valence-electron chi connectivity index (χ0n) is 9.92. The van der Waals surface area contributed by atoms with Gasteiger partial charge in [-0.3, -0.25) is 5.41 Å². The number of thiophene rings is 1. The second kappa shape index (κ2) is 4.33. The van der Waals surface area contributed by atoms with Crippen molar-refractivity contribution in [2.24, 2.45) is 0 Å².